The number of hydrogen-bond donors (Lipinski definition) is 1. The number of amides is 1. The molecule has 3 aromatic rings. The summed E-state index contributed by atoms with van der Waals surface area (Å²) in [6, 6.07) is 12.4. The monoisotopic (exact) mass is 369 g/mol. The van der Waals surface area contributed by atoms with Gasteiger partial charge in [0.15, 0.2) is 16.7 Å². The van der Waals surface area contributed by atoms with Crippen LogP contribution in [0.2, 0.25) is 0 Å². The molecule has 26 heavy (non-hydrogen) atoms. The maximum absolute atomic E-state index is 12.4. The van der Waals surface area contributed by atoms with Crippen molar-refractivity contribution in [3.8, 4) is 11.5 Å². The molecule has 8 heteroatoms. The van der Waals surface area contributed by atoms with Crippen molar-refractivity contribution in [3.63, 3.8) is 0 Å². The largest absolute Gasteiger partial charge is 0.454 e. The van der Waals surface area contributed by atoms with E-state index >= 15 is 0 Å². The first kappa shape index (κ1) is 16.5. The molecule has 0 fully saturated rings. The first-order chi connectivity index (χ1) is 12.6. The molecule has 0 aliphatic carbocycles. The number of aromatic nitrogens is 2. The molecule has 0 saturated heterocycles. The topological polar surface area (TPSA) is 82.5 Å². The molecule has 0 radical (unpaired) electrons. The average Bonchev–Trinajstić information content (AvgIpc) is 3.11. The first-order valence-corrected chi connectivity index (χ1v) is 8.88. The third kappa shape index (κ3) is 3.11. The van der Waals surface area contributed by atoms with Crippen LogP contribution in [0.1, 0.15) is 0 Å². The van der Waals surface area contributed by atoms with Crippen LogP contribution in [0, 0.1) is 0 Å². The maximum Gasteiger partial charge on any atom is 0.261 e. The summed E-state index contributed by atoms with van der Waals surface area (Å²) in [7, 11) is 1.65. The highest BCUT2D eigenvalue weighted by Crippen LogP contribution is 2.34. The van der Waals surface area contributed by atoms with Gasteiger partial charge in [-0.15, -0.1) is 0 Å². The van der Waals surface area contributed by atoms with Crippen molar-refractivity contribution in [3.05, 3.63) is 52.8 Å². The summed E-state index contributed by atoms with van der Waals surface area (Å²) >= 11 is 1.21. The van der Waals surface area contributed by atoms with E-state index in [1.807, 2.05) is 6.07 Å². The van der Waals surface area contributed by atoms with Crippen LogP contribution in [0.25, 0.3) is 10.9 Å². The Morgan fingerprint density at radius 3 is 2.92 bits per heavy atom. The van der Waals surface area contributed by atoms with Crippen LogP contribution in [0.3, 0.4) is 0 Å². The molecule has 2 heterocycles. The van der Waals surface area contributed by atoms with Crippen molar-refractivity contribution in [2.75, 3.05) is 17.9 Å². The number of nitrogens with zero attached hydrogens (tertiary/aromatic N) is 2. The van der Waals surface area contributed by atoms with E-state index < -0.39 is 0 Å². The number of hydrogen-bond acceptors (Lipinski definition) is 6. The molecule has 1 aliphatic rings. The minimum Gasteiger partial charge on any atom is -0.454 e. The van der Waals surface area contributed by atoms with Gasteiger partial charge in [-0.05, 0) is 24.3 Å². The van der Waals surface area contributed by atoms with Crippen LogP contribution < -0.4 is 20.3 Å². The second kappa shape index (κ2) is 6.72. The lowest BCUT2D eigenvalue weighted by Gasteiger charge is -2.09. The molecule has 0 saturated carbocycles. The summed E-state index contributed by atoms with van der Waals surface area (Å²) in [4.78, 5) is 29.1. The Morgan fingerprint density at radius 1 is 1.23 bits per heavy atom. The van der Waals surface area contributed by atoms with Crippen LogP contribution in [-0.4, -0.2) is 28.0 Å². The minimum atomic E-state index is -0.198. The fraction of sp³-hybridized carbons (Fsp3) is 0.167. The average molecular weight is 369 g/mol. The van der Waals surface area contributed by atoms with E-state index in [1.165, 1.54) is 16.3 Å². The molecule has 1 aromatic heterocycles. The number of para-hydroxylation sites is 1. The van der Waals surface area contributed by atoms with Gasteiger partial charge in [0.1, 0.15) is 0 Å². The number of nitrogens with one attached hydrogen (secondary N) is 1. The summed E-state index contributed by atoms with van der Waals surface area (Å²) in [5.74, 6) is 1.20. The molecule has 2 aromatic carbocycles. The number of carbonyl (C=O) groups is 1. The van der Waals surface area contributed by atoms with Crippen LogP contribution in [0.15, 0.2) is 52.4 Å². The van der Waals surface area contributed by atoms with E-state index in [1.54, 1.807) is 43.4 Å². The molecular formula is C18H15N3O4S. The van der Waals surface area contributed by atoms with Gasteiger partial charge >= 0.3 is 0 Å². The highest BCUT2D eigenvalue weighted by molar-refractivity contribution is 7.99. The number of rotatable bonds is 4. The molecule has 4 rings (SSSR count). The molecule has 132 valence electrons. The van der Waals surface area contributed by atoms with E-state index in [4.69, 9.17) is 9.47 Å². The summed E-state index contributed by atoms with van der Waals surface area (Å²) in [5.41, 5.74) is 1.11. The van der Waals surface area contributed by atoms with Crippen molar-refractivity contribution in [2.24, 2.45) is 7.05 Å². The molecule has 0 unspecified atom stereocenters. The Kier molecular flexibility index (Phi) is 4.26. The Bertz CT molecular complexity index is 1060. The van der Waals surface area contributed by atoms with Gasteiger partial charge in [-0.25, -0.2) is 4.98 Å². The highest BCUT2D eigenvalue weighted by Gasteiger charge is 2.15. The minimum absolute atomic E-state index is 0.130. The van der Waals surface area contributed by atoms with E-state index in [-0.39, 0.29) is 24.0 Å². The van der Waals surface area contributed by atoms with Crippen LogP contribution in [0.5, 0.6) is 11.5 Å². The highest BCUT2D eigenvalue weighted by atomic mass is 32.2. The third-order valence-electron chi connectivity index (χ3n) is 3.93. The van der Waals surface area contributed by atoms with Gasteiger partial charge in [-0.1, -0.05) is 23.9 Å². The van der Waals surface area contributed by atoms with E-state index in [2.05, 4.69) is 10.3 Å². The van der Waals surface area contributed by atoms with Gasteiger partial charge in [0.25, 0.3) is 5.56 Å². The van der Waals surface area contributed by atoms with Gasteiger partial charge in [-0.3, -0.25) is 14.2 Å². The number of carbonyl (C=O) groups excluding carboxylic acids is 1. The SMILES string of the molecule is Cn1c(SCC(=O)Nc2ccc3c(c2)OCO3)nc2ccccc2c1=O. The van der Waals surface area contributed by atoms with Gasteiger partial charge in [0.2, 0.25) is 12.7 Å². The second-order valence-corrected chi connectivity index (χ2v) is 6.62. The molecule has 0 spiro atoms. The van der Waals surface area contributed by atoms with E-state index in [0.29, 0.717) is 33.2 Å². The van der Waals surface area contributed by atoms with Crippen molar-refractivity contribution in [1.29, 1.82) is 0 Å². The van der Waals surface area contributed by atoms with Crippen LogP contribution in [0.4, 0.5) is 5.69 Å². The molecule has 7 nitrogen and oxygen atoms in total. The molecule has 1 aliphatic heterocycles. The molecule has 0 atom stereocenters. The summed E-state index contributed by atoms with van der Waals surface area (Å²) in [6.07, 6.45) is 0. The smallest absolute Gasteiger partial charge is 0.261 e. The molecular weight excluding hydrogens is 354 g/mol. The summed E-state index contributed by atoms with van der Waals surface area (Å²) in [6.45, 7) is 0.185. The Hall–Kier alpha value is -3.00. The predicted molar refractivity (Wildman–Crippen MR) is 98.9 cm³/mol. The summed E-state index contributed by atoms with van der Waals surface area (Å²) in [5, 5.41) is 3.86. The zero-order valence-electron chi connectivity index (χ0n) is 13.9. The van der Waals surface area contributed by atoms with Gasteiger partial charge < -0.3 is 14.8 Å². The van der Waals surface area contributed by atoms with Crippen molar-refractivity contribution >= 4 is 34.3 Å². The molecule has 1 N–H and O–H groups in total. The Balaban J connectivity index is 1.47. The number of thioether (sulfide) groups is 1. The fourth-order valence-corrected chi connectivity index (χ4v) is 3.40. The lowest BCUT2D eigenvalue weighted by atomic mass is 10.2. The number of benzene rings is 2. The molecule has 0 bridgehead atoms. The number of anilines is 1. The quantitative estimate of drug-likeness (QED) is 0.562. The Labute approximate surface area is 152 Å². The van der Waals surface area contributed by atoms with Gasteiger partial charge in [-0.2, -0.15) is 0 Å². The number of ether oxygens (including phenoxy) is 2. The predicted octanol–water partition coefficient (Wildman–Crippen LogP) is 2.39. The van der Waals surface area contributed by atoms with Crippen molar-refractivity contribution in [1.82, 2.24) is 9.55 Å². The van der Waals surface area contributed by atoms with Crippen LogP contribution in [-0.2, 0) is 11.8 Å². The normalized spacial score (nSPS) is 12.3. The van der Waals surface area contributed by atoms with E-state index in [0.717, 1.165) is 0 Å². The number of fused-ring (bicyclic) bond motifs is 2. The van der Waals surface area contributed by atoms with E-state index in [9.17, 15) is 9.59 Å². The zero-order chi connectivity index (χ0) is 18.1. The third-order valence-corrected chi connectivity index (χ3v) is 4.96. The van der Waals surface area contributed by atoms with Crippen LogP contribution >= 0.6 is 11.8 Å². The van der Waals surface area contributed by atoms with Crippen molar-refractivity contribution < 1.29 is 14.3 Å². The van der Waals surface area contributed by atoms with Gasteiger partial charge in [0.05, 0.1) is 16.7 Å². The summed E-state index contributed by atoms with van der Waals surface area (Å²) < 4.78 is 12.0. The maximum atomic E-state index is 12.4. The zero-order valence-corrected chi connectivity index (χ0v) is 14.7. The lowest BCUT2D eigenvalue weighted by Crippen LogP contribution is -2.21. The van der Waals surface area contributed by atoms with Crippen molar-refractivity contribution in [2.45, 2.75) is 5.16 Å². The first-order valence-electron chi connectivity index (χ1n) is 7.90. The fourth-order valence-electron chi connectivity index (χ4n) is 2.63. The standard InChI is InChI=1S/C18H15N3O4S/c1-21-17(23)12-4-2-3-5-13(12)20-18(21)26-9-16(22)19-11-6-7-14-15(8-11)25-10-24-14/h2-8H,9-10H2,1H3,(H,19,22). The molecule has 1 amide bonds. The lowest BCUT2D eigenvalue weighted by molar-refractivity contribution is -0.113. The Morgan fingerprint density at radius 2 is 2.04 bits per heavy atom. The van der Waals surface area contributed by atoms with Gasteiger partial charge in [0, 0.05) is 18.8 Å². The second-order valence-electron chi connectivity index (χ2n) is 5.68.